The third kappa shape index (κ3) is 3.23. The van der Waals surface area contributed by atoms with Crippen molar-refractivity contribution in [2.45, 2.75) is 29.3 Å². The Balaban J connectivity index is 2.00. The average Bonchev–Trinajstić information content (AvgIpc) is 3.33. The van der Waals surface area contributed by atoms with Gasteiger partial charge in [-0.05, 0) is 48.7 Å². The second-order valence-electron chi connectivity index (χ2n) is 6.03. The van der Waals surface area contributed by atoms with Gasteiger partial charge in [0.05, 0.1) is 11.1 Å². The first-order valence-corrected chi connectivity index (χ1v) is 9.65. The number of aromatic hydroxyl groups is 2. The van der Waals surface area contributed by atoms with Crippen LogP contribution in [0.25, 0.3) is 0 Å². The second-order valence-corrected chi connectivity index (χ2v) is 8.60. The number of hydrogen-bond acceptors (Lipinski definition) is 4. The minimum absolute atomic E-state index is 0.0973. The fraction of sp³-hybridized carbons (Fsp3) is 0.250. The molecule has 1 saturated carbocycles. The number of hydrogen-bond donors (Lipinski definition) is 3. The van der Waals surface area contributed by atoms with Crippen molar-refractivity contribution >= 4 is 31.6 Å². The monoisotopic (exact) mass is 451 g/mol. The Kier molecular flexibility index (Phi) is 4.39. The summed E-state index contributed by atoms with van der Waals surface area (Å²) in [5, 5.41) is 19.6. The van der Waals surface area contributed by atoms with Crippen molar-refractivity contribution in [2.75, 3.05) is 4.72 Å². The van der Waals surface area contributed by atoms with E-state index < -0.39 is 43.7 Å². The first-order valence-electron chi connectivity index (χ1n) is 7.38. The lowest BCUT2D eigenvalue weighted by Gasteiger charge is -2.21. The maximum Gasteiger partial charge on any atom is 0.398 e. The highest BCUT2D eigenvalue weighted by atomic mass is 79.9. The van der Waals surface area contributed by atoms with Gasteiger partial charge in [0.25, 0.3) is 10.0 Å². The summed E-state index contributed by atoms with van der Waals surface area (Å²) in [5.74, 6) is -1.06. The topological polar surface area (TPSA) is 86.6 Å². The lowest BCUT2D eigenvalue weighted by Crippen LogP contribution is -2.28. The van der Waals surface area contributed by atoms with Crippen molar-refractivity contribution in [1.29, 1.82) is 0 Å². The molecule has 10 heteroatoms. The van der Waals surface area contributed by atoms with Crippen LogP contribution in [0.1, 0.15) is 18.4 Å². The number of phenolic OH excluding ortho intramolecular Hbond substituents is 2. The predicted molar refractivity (Wildman–Crippen MR) is 91.7 cm³/mol. The number of benzene rings is 2. The first-order chi connectivity index (χ1) is 12.0. The number of rotatable bonds is 4. The minimum atomic E-state index is -4.47. The number of sulfonamides is 1. The summed E-state index contributed by atoms with van der Waals surface area (Å²) in [6.45, 7) is 0. The van der Waals surface area contributed by atoms with Crippen LogP contribution in [0, 0.1) is 0 Å². The molecule has 0 radical (unpaired) electrons. The van der Waals surface area contributed by atoms with E-state index in [1.807, 2.05) is 4.72 Å². The van der Waals surface area contributed by atoms with E-state index in [1.165, 1.54) is 6.07 Å². The molecular formula is C16H13BrF3NO4S. The lowest BCUT2D eigenvalue weighted by molar-refractivity contribution is -0.160. The van der Waals surface area contributed by atoms with Gasteiger partial charge in [-0.25, -0.2) is 8.42 Å². The zero-order valence-corrected chi connectivity index (χ0v) is 15.4. The summed E-state index contributed by atoms with van der Waals surface area (Å²) in [6, 6.07) is 6.83. The number of phenols is 2. The summed E-state index contributed by atoms with van der Waals surface area (Å²) >= 11 is 3.08. The first kappa shape index (κ1) is 18.8. The zero-order valence-electron chi connectivity index (χ0n) is 13.0. The van der Waals surface area contributed by atoms with Gasteiger partial charge in [-0.15, -0.1) is 0 Å². The van der Waals surface area contributed by atoms with E-state index in [9.17, 15) is 31.8 Å². The summed E-state index contributed by atoms with van der Waals surface area (Å²) < 4.78 is 67.2. The largest absolute Gasteiger partial charge is 0.507 e. The van der Waals surface area contributed by atoms with E-state index in [1.54, 1.807) is 0 Å². The fourth-order valence-corrected chi connectivity index (χ4v) is 4.38. The number of alkyl halides is 3. The van der Waals surface area contributed by atoms with Gasteiger partial charge in [-0.2, -0.15) is 13.2 Å². The van der Waals surface area contributed by atoms with Gasteiger partial charge in [0, 0.05) is 4.47 Å². The maximum absolute atomic E-state index is 13.3. The van der Waals surface area contributed by atoms with Gasteiger partial charge in [0.2, 0.25) is 0 Å². The molecule has 0 heterocycles. The van der Waals surface area contributed by atoms with Crippen molar-refractivity contribution < 1.29 is 31.8 Å². The molecule has 5 nitrogen and oxygen atoms in total. The van der Waals surface area contributed by atoms with Crippen LogP contribution in [0.4, 0.5) is 18.9 Å². The highest BCUT2D eigenvalue weighted by Gasteiger charge is 2.64. The van der Waals surface area contributed by atoms with Crippen LogP contribution < -0.4 is 4.72 Å². The molecule has 1 aliphatic carbocycles. The molecule has 1 aliphatic rings. The second kappa shape index (κ2) is 6.05. The average molecular weight is 452 g/mol. The van der Waals surface area contributed by atoms with Gasteiger partial charge in [-0.3, -0.25) is 4.72 Å². The minimum Gasteiger partial charge on any atom is -0.507 e. The zero-order chi connectivity index (χ0) is 19.3. The van der Waals surface area contributed by atoms with Crippen molar-refractivity contribution in [3.05, 3.63) is 46.4 Å². The van der Waals surface area contributed by atoms with E-state index in [4.69, 9.17) is 0 Å². The Morgan fingerprint density at radius 2 is 1.65 bits per heavy atom. The number of nitrogens with one attached hydrogen (secondary N) is 1. The molecule has 26 heavy (non-hydrogen) atoms. The molecule has 0 aliphatic heterocycles. The van der Waals surface area contributed by atoms with E-state index in [-0.39, 0.29) is 18.4 Å². The Labute approximate surface area is 155 Å². The Bertz CT molecular complexity index is 972. The molecule has 0 bridgehead atoms. The van der Waals surface area contributed by atoms with E-state index >= 15 is 0 Å². The molecular weight excluding hydrogens is 439 g/mol. The third-order valence-electron chi connectivity index (χ3n) is 4.30. The number of halogens is 4. The van der Waals surface area contributed by atoms with Crippen molar-refractivity contribution in [1.82, 2.24) is 0 Å². The van der Waals surface area contributed by atoms with E-state index in [0.717, 1.165) is 30.3 Å². The molecule has 0 atom stereocenters. The molecule has 3 N–H and O–H groups in total. The maximum atomic E-state index is 13.3. The molecule has 1 fully saturated rings. The molecule has 2 aromatic carbocycles. The predicted octanol–water partition coefficient (Wildman–Crippen LogP) is 4.26. The van der Waals surface area contributed by atoms with Crippen LogP contribution >= 0.6 is 15.9 Å². The standard InChI is InChI=1S/C16H13BrF3NO4S/c17-10-2-4-13(23)14(8-10)26(24,25)21-11-7-9(1-3-12(11)22)15(5-6-15)16(18,19)20/h1-4,7-8,21-23H,5-6H2. The Morgan fingerprint density at radius 3 is 2.23 bits per heavy atom. The van der Waals surface area contributed by atoms with Gasteiger partial charge in [0.1, 0.15) is 16.4 Å². The van der Waals surface area contributed by atoms with Gasteiger partial charge in [0.15, 0.2) is 0 Å². The highest BCUT2D eigenvalue weighted by Crippen LogP contribution is 2.59. The van der Waals surface area contributed by atoms with Gasteiger partial charge >= 0.3 is 6.18 Å². The molecule has 0 aromatic heterocycles. The molecule has 3 rings (SSSR count). The SMILES string of the molecule is O=S(=O)(Nc1cc(C2(C(F)(F)F)CC2)ccc1O)c1cc(Br)ccc1O. The van der Waals surface area contributed by atoms with Crippen LogP contribution in [0.15, 0.2) is 45.8 Å². The molecule has 0 saturated heterocycles. The van der Waals surface area contributed by atoms with Crippen molar-refractivity contribution in [2.24, 2.45) is 0 Å². The van der Waals surface area contributed by atoms with E-state index in [2.05, 4.69) is 15.9 Å². The normalized spacial score (nSPS) is 16.3. The van der Waals surface area contributed by atoms with Crippen LogP contribution in [0.5, 0.6) is 11.5 Å². The van der Waals surface area contributed by atoms with Crippen LogP contribution in [-0.2, 0) is 15.4 Å². The van der Waals surface area contributed by atoms with Gasteiger partial charge in [-0.1, -0.05) is 22.0 Å². The Hall–Kier alpha value is -1.94. The summed E-state index contributed by atoms with van der Waals surface area (Å²) in [4.78, 5) is -0.478. The quantitative estimate of drug-likeness (QED) is 0.606. The number of anilines is 1. The highest BCUT2D eigenvalue weighted by molar-refractivity contribution is 9.10. The lowest BCUT2D eigenvalue weighted by atomic mass is 9.95. The molecule has 0 unspecified atom stereocenters. The van der Waals surface area contributed by atoms with Crippen LogP contribution in [-0.4, -0.2) is 24.8 Å². The molecule has 0 amide bonds. The summed E-state index contributed by atoms with van der Waals surface area (Å²) in [5.41, 5.74) is -2.53. The van der Waals surface area contributed by atoms with Crippen LogP contribution in [0.3, 0.4) is 0 Å². The summed E-state index contributed by atoms with van der Waals surface area (Å²) in [6.07, 6.45) is -4.66. The summed E-state index contributed by atoms with van der Waals surface area (Å²) in [7, 11) is -4.34. The third-order valence-corrected chi connectivity index (χ3v) is 6.19. The van der Waals surface area contributed by atoms with Crippen molar-refractivity contribution in [3.63, 3.8) is 0 Å². The van der Waals surface area contributed by atoms with Crippen LogP contribution in [0.2, 0.25) is 0 Å². The van der Waals surface area contributed by atoms with E-state index in [0.29, 0.717) is 4.47 Å². The Morgan fingerprint density at radius 1 is 1.04 bits per heavy atom. The molecule has 0 spiro atoms. The smallest absolute Gasteiger partial charge is 0.398 e. The van der Waals surface area contributed by atoms with Crippen molar-refractivity contribution in [3.8, 4) is 11.5 Å². The molecule has 2 aromatic rings. The molecule has 140 valence electrons. The fourth-order valence-electron chi connectivity index (χ4n) is 2.68. The van der Waals surface area contributed by atoms with Gasteiger partial charge < -0.3 is 10.2 Å².